The van der Waals surface area contributed by atoms with Gasteiger partial charge in [-0.25, -0.2) is 4.79 Å². The number of unbranched alkanes of at least 4 members (excludes halogenated alkanes) is 2. The number of nitrogens with one attached hydrogen (secondary N) is 2. The molecule has 56 heavy (non-hydrogen) atoms. The third kappa shape index (κ3) is 9.94. The number of ether oxygens (including phenoxy) is 3. The van der Waals surface area contributed by atoms with Crippen molar-refractivity contribution in [3.8, 4) is 11.8 Å². The summed E-state index contributed by atoms with van der Waals surface area (Å²) in [6.45, 7) is 13.2. The number of nitrogens with zero attached hydrogens (tertiary/aromatic N) is 2. The molecule has 2 unspecified atom stereocenters. The predicted octanol–water partition coefficient (Wildman–Crippen LogP) is 7.81. The van der Waals surface area contributed by atoms with Gasteiger partial charge in [-0.1, -0.05) is 62.7 Å². The molecule has 0 bridgehead atoms. The van der Waals surface area contributed by atoms with Crippen LogP contribution in [0.5, 0.6) is 0 Å². The minimum atomic E-state index is -0.383. The number of amides is 2. The molecule has 9 nitrogen and oxygen atoms in total. The summed E-state index contributed by atoms with van der Waals surface area (Å²) in [5.41, 5.74) is 7.67. The Morgan fingerprint density at radius 3 is 2.21 bits per heavy atom. The lowest BCUT2D eigenvalue weighted by molar-refractivity contribution is -0.401. The highest BCUT2D eigenvalue weighted by Gasteiger charge is 2.49. The first-order chi connectivity index (χ1) is 27.1. The van der Waals surface area contributed by atoms with Gasteiger partial charge in [0.1, 0.15) is 7.05 Å². The van der Waals surface area contributed by atoms with E-state index in [1.807, 2.05) is 0 Å². The molecule has 1 saturated carbocycles. The van der Waals surface area contributed by atoms with Crippen LogP contribution in [0.25, 0.3) is 0 Å². The Morgan fingerprint density at radius 1 is 0.839 bits per heavy atom. The maximum atomic E-state index is 12.5. The first-order valence-corrected chi connectivity index (χ1v) is 20.9. The van der Waals surface area contributed by atoms with Crippen LogP contribution in [-0.4, -0.2) is 82.0 Å². The SMILES string of the molecule is C[N+]1=C(C=CC=C2N(CCCCCC(=O)NCCOCCOCCNC(=O)OCC3C4CCC#CCCC43)c3ccccc3C2(C)C)C(C)(C)c2ccccc21. The van der Waals surface area contributed by atoms with Crippen molar-refractivity contribution in [2.75, 3.05) is 64.6 Å². The lowest BCUT2D eigenvalue weighted by Gasteiger charge is -2.27. The maximum Gasteiger partial charge on any atom is 0.407 e. The van der Waals surface area contributed by atoms with E-state index in [4.69, 9.17) is 14.2 Å². The highest BCUT2D eigenvalue weighted by Crippen LogP contribution is 2.52. The molecule has 0 radical (unpaired) electrons. The highest BCUT2D eigenvalue weighted by atomic mass is 16.6. The van der Waals surface area contributed by atoms with E-state index in [0.29, 0.717) is 70.3 Å². The van der Waals surface area contributed by atoms with E-state index < -0.39 is 0 Å². The van der Waals surface area contributed by atoms with Crippen molar-refractivity contribution in [2.24, 2.45) is 17.8 Å². The fourth-order valence-electron chi connectivity index (χ4n) is 9.05. The van der Waals surface area contributed by atoms with E-state index in [9.17, 15) is 9.59 Å². The zero-order valence-corrected chi connectivity index (χ0v) is 34.3. The number of allylic oxidation sites excluding steroid dienone is 4. The third-order valence-corrected chi connectivity index (χ3v) is 12.2. The number of hydrogen-bond donors (Lipinski definition) is 2. The lowest BCUT2D eigenvalue weighted by atomic mass is 9.81. The lowest BCUT2D eigenvalue weighted by Crippen LogP contribution is -2.29. The molecule has 0 saturated heterocycles. The molecule has 2 aliphatic heterocycles. The van der Waals surface area contributed by atoms with Crippen LogP contribution < -0.4 is 15.5 Å². The van der Waals surface area contributed by atoms with Gasteiger partial charge in [0.05, 0.1) is 38.4 Å². The normalized spacial score (nSPS) is 22.1. The van der Waals surface area contributed by atoms with Gasteiger partial charge in [0, 0.05) is 73.4 Å². The van der Waals surface area contributed by atoms with Gasteiger partial charge in [0.2, 0.25) is 11.6 Å². The van der Waals surface area contributed by atoms with E-state index >= 15 is 0 Å². The molecular weight excluding hydrogens is 701 g/mol. The first kappa shape index (κ1) is 41.2. The Kier molecular flexibility index (Phi) is 14.1. The molecule has 2 N–H and O–H groups in total. The van der Waals surface area contributed by atoms with Crippen LogP contribution in [0.15, 0.2) is 72.5 Å². The molecule has 6 rings (SSSR count). The first-order valence-electron chi connectivity index (χ1n) is 20.9. The van der Waals surface area contributed by atoms with Gasteiger partial charge in [-0.15, -0.1) is 11.8 Å². The number of rotatable bonds is 19. The van der Waals surface area contributed by atoms with Crippen molar-refractivity contribution in [1.29, 1.82) is 0 Å². The van der Waals surface area contributed by atoms with E-state index in [1.54, 1.807) is 0 Å². The number of fused-ring (bicyclic) bond motifs is 3. The second kappa shape index (κ2) is 19.2. The van der Waals surface area contributed by atoms with Gasteiger partial charge in [-0.05, 0) is 75.0 Å². The molecule has 2 heterocycles. The van der Waals surface area contributed by atoms with Gasteiger partial charge >= 0.3 is 6.09 Å². The minimum absolute atomic E-state index is 0.0566. The molecule has 9 heteroatoms. The summed E-state index contributed by atoms with van der Waals surface area (Å²) >= 11 is 0. The number of carbonyl (C=O) groups is 2. The largest absolute Gasteiger partial charge is 0.449 e. The summed E-state index contributed by atoms with van der Waals surface area (Å²) in [7, 11) is 2.16. The summed E-state index contributed by atoms with van der Waals surface area (Å²) in [6, 6.07) is 17.4. The number of benzene rings is 2. The van der Waals surface area contributed by atoms with Gasteiger partial charge in [-0.3, -0.25) is 4.79 Å². The minimum Gasteiger partial charge on any atom is -0.449 e. The monoisotopic (exact) mass is 763 g/mol. The van der Waals surface area contributed by atoms with Crippen LogP contribution in [-0.2, 0) is 29.8 Å². The van der Waals surface area contributed by atoms with Crippen molar-refractivity contribution in [3.63, 3.8) is 0 Å². The molecule has 4 aliphatic rings. The number of carbonyl (C=O) groups excluding carboxylic acids is 2. The van der Waals surface area contributed by atoms with Crippen LogP contribution in [0.2, 0.25) is 0 Å². The van der Waals surface area contributed by atoms with E-state index in [0.717, 1.165) is 51.5 Å². The zero-order chi connectivity index (χ0) is 39.5. The number of para-hydroxylation sites is 2. The Hall–Kier alpha value is -4.39. The van der Waals surface area contributed by atoms with E-state index in [2.05, 4.69) is 133 Å². The van der Waals surface area contributed by atoms with Crippen LogP contribution in [0, 0.1) is 29.6 Å². The Balaban J connectivity index is 0.825. The third-order valence-electron chi connectivity index (χ3n) is 12.2. The molecule has 0 spiro atoms. The van der Waals surface area contributed by atoms with E-state index in [1.165, 1.54) is 33.9 Å². The van der Waals surface area contributed by atoms with Gasteiger partial charge in [-0.2, -0.15) is 4.58 Å². The smallest absolute Gasteiger partial charge is 0.407 e. The fourth-order valence-corrected chi connectivity index (χ4v) is 9.05. The molecule has 2 atom stereocenters. The summed E-state index contributed by atoms with van der Waals surface area (Å²) in [5, 5.41) is 5.73. The van der Waals surface area contributed by atoms with Crippen molar-refractivity contribution in [3.05, 3.63) is 83.6 Å². The molecule has 2 aromatic rings. The molecule has 2 aliphatic carbocycles. The van der Waals surface area contributed by atoms with Gasteiger partial charge in [0.25, 0.3) is 0 Å². The second-order valence-electron chi connectivity index (χ2n) is 16.6. The van der Waals surface area contributed by atoms with Gasteiger partial charge < -0.3 is 29.7 Å². The van der Waals surface area contributed by atoms with Crippen molar-refractivity contribution in [1.82, 2.24) is 10.6 Å². The number of anilines is 1. The van der Waals surface area contributed by atoms with Crippen LogP contribution >= 0.6 is 0 Å². The summed E-state index contributed by atoms with van der Waals surface area (Å²) in [5.74, 6) is 8.30. The molecule has 2 amide bonds. The number of alkyl carbamates (subject to hydrolysis) is 1. The number of hydrogen-bond acceptors (Lipinski definition) is 6. The van der Waals surface area contributed by atoms with Crippen molar-refractivity contribution >= 4 is 29.1 Å². The summed E-state index contributed by atoms with van der Waals surface area (Å²) in [6.07, 6.45) is 13.9. The van der Waals surface area contributed by atoms with Crippen molar-refractivity contribution in [2.45, 2.75) is 89.9 Å². The van der Waals surface area contributed by atoms with E-state index in [-0.39, 0.29) is 22.8 Å². The average Bonchev–Trinajstić information content (AvgIpc) is 3.71. The Labute approximate surface area is 334 Å². The molecule has 0 aromatic heterocycles. The second-order valence-corrected chi connectivity index (χ2v) is 16.6. The zero-order valence-electron chi connectivity index (χ0n) is 34.3. The molecule has 1 fully saturated rings. The fraction of sp³-hybridized carbons (Fsp3) is 0.553. The average molecular weight is 764 g/mol. The molecule has 300 valence electrons. The maximum absolute atomic E-state index is 12.5. The van der Waals surface area contributed by atoms with Crippen molar-refractivity contribution < 1.29 is 28.4 Å². The van der Waals surface area contributed by atoms with Gasteiger partial charge in [0.15, 0.2) is 5.71 Å². The quantitative estimate of drug-likeness (QED) is 0.0863. The predicted molar refractivity (Wildman–Crippen MR) is 224 cm³/mol. The molecule has 2 aromatic carbocycles. The van der Waals surface area contributed by atoms with Crippen LogP contribution in [0.1, 0.15) is 90.2 Å². The summed E-state index contributed by atoms with van der Waals surface area (Å²) < 4.78 is 18.9. The van der Waals surface area contributed by atoms with Crippen LogP contribution in [0.3, 0.4) is 0 Å². The molecular formula is C47H63N4O5+. The Bertz CT molecular complexity index is 1830. The van der Waals surface area contributed by atoms with Crippen LogP contribution in [0.4, 0.5) is 16.2 Å². The summed E-state index contributed by atoms with van der Waals surface area (Å²) in [4.78, 5) is 27.0. The topological polar surface area (TPSA) is 92.1 Å². The standard InChI is InChI=1S/C47H62N4O5/c1-46(2)38-20-12-14-22-40(38)50(5)42(46)24-17-25-43-47(3,4)39-21-13-15-23-41(39)51(43)29-16-8-11-26-44(52)48-27-30-54-32-33-55-31-28-49-45(53)56-34-37-35-18-9-6-7-10-19-36(35)37/h12-15,17,20-25,35-37H,8-11,16,18-19,26-34H2,1-5H3,(H-,48,49,52,53)/p+1. The Morgan fingerprint density at radius 2 is 1.50 bits per heavy atom. The highest BCUT2D eigenvalue weighted by molar-refractivity contribution is 6.03.